The highest BCUT2D eigenvalue weighted by molar-refractivity contribution is 5.77. The molecule has 3 nitrogen and oxygen atoms in total. The Bertz CT molecular complexity index is 456. The maximum absolute atomic E-state index is 11.5. The van der Waals surface area contributed by atoms with Crippen LogP contribution in [-0.4, -0.2) is 28.6 Å². The van der Waals surface area contributed by atoms with Gasteiger partial charge in [-0.2, -0.15) is 0 Å². The molecule has 0 bridgehead atoms. The molecule has 0 spiro atoms. The van der Waals surface area contributed by atoms with Crippen LogP contribution in [0.2, 0.25) is 0 Å². The van der Waals surface area contributed by atoms with E-state index in [0.29, 0.717) is 18.5 Å². The largest absolute Gasteiger partial charge is 0.481 e. The van der Waals surface area contributed by atoms with Gasteiger partial charge in [-0.05, 0) is 30.4 Å². The van der Waals surface area contributed by atoms with Gasteiger partial charge in [0.15, 0.2) is 0 Å². The van der Waals surface area contributed by atoms with Crippen LogP contribution in [0.4, 0.5) is 0 Å². The molecule has 104 valence electrons. The number of benzene rings is 1. The van der Waals surface area contributed by atoms with Gasteiger partial charge in [0.25, 0.3) is 0 Å². The Morgan fingerprint density at radius 1 is 1.37 bits per heavy atom. The quantitative estimate of drug-likeness (QED) is 0.905. The third kappa shape index (κ3) is 3.16. The number of carboxylic acids is 1. The summed E-state index contributed by atoms with van der Waals surface area (Å²) in [6.45, 7) is 8.12. The van der Waals surface area contributed by atoms with Crippen molar-refractivity contribution in [2.75, 3.05) is 6.54 Å². The van der Waals surface area contributed by atoms with Crippen LogP contribution < -0.4 is 0 Å². The van der Waals surface area contributed by atoms with Gasteiger partial charge in [-0.3, -0.25) is 9.69 Å². The van der Waals surface area contributed by atoms with Crippen molar-refractivity contribution in [3.05, 3.63) is 35.4 Å². The summed E-state index contributed by atoms with van der Waals surface area (Å²) in [6, 6.07) is 8.37. The molecule has 0 amide bonds. The molecular weight excluding hydrogens is 238 g/mol. The molecule has 1 aromatic rings. The molecule has 2 unspecified atom stereocenters. The molecule has 0 fully saturated rings. The van der Waals surface area contributed by atoms with Crippen molar-refractivity contribution in [1.82, 2.24) is 4.90 Å². The normalized spacial score (nSPS) is 21.2. The molecule has 3 heteroatoms. The average molecular weight is 261 g/mol. The first kappa shape index (κ1) is 14.1. The van der Waals surface area contributed by atoms with Gasteiger partial charge in [0, 0.05) is 19.1 Å². The van der Waals surface area contributed by atoms with Gasteiger partial charge in [-0.25, -0.2) is 0 Å². The Labute approximate surface area is 115 Å². The van der Waals surface area contributed by atoms with E-state index in [1.54, 1.807) is 0 Å². The summed E-state index contributed by atoms with van der Waals surface area (Å²) in [5.41, 5.74) is 2.15. The van der Waals surface area contributed by atoms with E-state index in [1.165, 1.54) is 0 Å². The van der Waals surface area contributed by atoms with Crippen LogP contribution in [0.1, 0.15) is 44.2 Å². The van der Waals surface area contributed by atoms with E-state index < -0.39 is 5.97 Å². The van der Waals surface area contributed by atoms with Crippen LogP contribution >= 0.6 is 0 Å². The van der Waals surface area contributed by atoms with E-state index in [-0.39, 0.29) is 5.92 Å². The van der Waals surface area contributed by atoms with E-state index in [9.17, 15) is 9.90 Å². The second kappa shape index (κ2) is 5.74. The highest BCUT2D eigenvalue weighted by Gasteiger charge is 2.32. The number of nitrogens with zero attached hydrogens (tertiary/aromatic N) is 1. The average Bonchev–Trinajstić information content (AvgIpc) is 2.36. The Hall–Kier alpha value is -1.35. The minimum Gasteiger partial charge on any atom is -0.481 e. The predicted octanol–water partition coefficient (Wildman–Crippen LogP) is 3.11. The molecule has 0 saturated heterocycles. The molecule has 2 atom stereocenters. The number of carbonyl (C=O) groups is 1. The van der Waals surface area contributed by atoms with Crippen molar-refractivity contribution >= 4 is 5.97 Å². The zero-order valence-corrected chi connectivity index (χ0v) is 12.0. The summed E-state index contributed by atoms with van der Waals surface area (Å²) in [6.07, 6.45) is 1.11. The molecular formula is C16H23NO2. The predicted molar refractivity (Wildman–Crippen MR) is 76.1 cm³/mol. The lowest BCUT2D eigenvalue weighted by atomic mass is 9.88. The Balaban J connectivity index is 2.22. The lowest BCUT2D eigenvalue weighted by Gasteiger charge is -2.37. The lowest BCUT2D eigenvalue weighted by Crippen LogP contribution is -2.42. The van der Waals surface area contributed by atoms with Gasteiger partial charge in [-0.15, -0.1) is 0 Å². The second-order valence-electron chi connectivity index (χ2n) is 6.00. The van der Waals surface area contributed by atoms with Crippen molar-refractivity contribution in [1.29, 1.82) is 0 Å². The molecule has 1 N–H and O–H groups in total. The Morgan fingerprint density at radius 3 is 2.68 bits per heavy atom. The van der Waals surface area contributed by atoms with E-state index in [2.05, 4.69) is 31.7 Å². The molecule has 0 aliphatic carbocycles. The molecule has 1 aliphatic heterocycles. The maximum atomic E-state index is 11.5. The first-order valence-corrected chi connectivity index (χ1v) is 7.03. The highest BCUT2D eigenvalue weighted by Crippen LogP contribution is 2.30. The van der Waals surface area contributed by atoms with E-state index >= 15 is 0 Å². The number of carboxylic acid groups (broad SMARTS) is 1. The number of hydrogen-bond acceptors (Lipinski definition) is 2. The van der Waals surface area contributed by atoms with Crippen molar-refractivity contribution in [2.45, 2.75) is 45.7 Å². The van der Waals surface area contributed by atoms with Gasteiger partial charge in [0.1, 0.15) is 0 Å². The number of hydrogen-bond donors (Lipinski definition) is 1. The molecule has 1 heterocycles. The minimum atomic E-state index is -0.714. The topological polar surface area (TPSA) is 40.5 Å². The molecule has 2 rings (SSSR count). The molecule has 1 aliphatic rings. The van der Waals surface area contributed by atoms with E-state index in [1.807, 2.05) is 18.2 Å². The molecule has 1 aromatic carbocycles. The van der Waals surface area contributed by atoms with Gasteiger partial charge in [-0.1, -0.05) is 38.1 Å². The van der Waals surface area contributed by atoms with Crippen LogP contribution in [0.25, 0.3) is 0 Å². The van der Waals surface area contributed by atoms with Gasteiger partial charge >= 0.3 is 5.97 Å². The van der Waals surface area contributed by atoms with Crippen molar-refractivity contribution in [2.24, 2.45) is 5.92 Å². The van der Waals surface area contributed by atoms with Crippen molar-refractivity contribution in [3.63, 3.8) is 0 Å². The summed E-state index contributed by atoms with van der Waals surface area (Å²) >= 11 is 0. The first-order valence-electron chi connectivity index (χ1n) is 7.03. The summed E-state index contributed by atoms with van der Waals surface area (Å²) in [7, 11) is 0. The second-order valence-corrected chi connectivity index (χ2v) is 6.00. The lowest BCUT2D eigenvalue weighted by molar-refractivity contribution is -0.139. The maximum Gasteiger partial charge on any atom is 0.312 e. The molecule has 0 aromatic heterocycles. The smallest absolute Gasteiger partial charge is 0.312 e. The summed E-state index contributed by atoms with van der Waals surface area (Å²) in [5.74, 6) is -0.469. The summed E-state index contributed by atoms with van der Waals surface area (Å²) < 4.78 is 0. The zero-order chi connectivity index (χ0) is 14.0. The highest BCUT2D eigenvalue weighted by atomic mass is 16.4. The van der Waals surface area contributed by atoms with E-state index in [4.69, 9.17) is 0 Å². The third-order valence-corrected chi connectivity index (χ3v) is 3.95. The third-order valence-electron chi connectivity index (χ3n) is 3.95. The van der Waals surface area contributed by atoms with Gasteiger partial charge in [0.05, 0.1) is 5.92 Å². The summed E-state index contributed by atoms with van der Waals surface area (Å²) in [5, 5.41) is 9.44. The van der Waals surface area contributed by atoms with Gasteiger partial charge in [0.2, 0.25) is 0 Å². The molecule has 0 radical (unpaired) electrons. The number of aliphatic carboxylic acids is 1. The minimum absolute atomic E-state index is 0.389. The fourth-order valence-electron chi connectivity index (χ4n) is 3.01. The van der Waals surface area contributed by atoms with E-state index in [0.717, 1.165) is 24.1 Å². The Morgan fingerprint density at radius 2 is 2.05 bits per heavy atom. The molecule has 19 heavy (non-hydrogen) atoms. The first-order chi connectivity index (χ1) is 8.99. The molecule has 0 saturated carbocycles. The van der Waals surface area contributed by atoms with Crippen LogP contribution in [0, 0.1) is 5.92 Å². The summed E-state index contributed by atoms with van der Waals surface area (Å²) in [4.78, 5) is 13.8. The number of fused-ring (bicyclic) bond motifs is 1. The monoisotopic (exact) mass is 261 g/mol. The van der Waals surface area contributed by atoms with Gasteiger partial charge < -0.3 is 5.11 Å². The van der Waals surface area contributed by atoms with Crippen molar-refractivity contribution in [3.8, 4) is 0 Å². The van der Waals surface area contributed by atoms with Crippen LogP contribution in [0.3, 0.4) is 0 Å². The van der Waals surface area contributed by atoms with Crippen LogP contribution in [0.5, 0.6) is 0 Å². The standard InChI is InChI=1S/C16H23NO2/c1-11(2)8-12(3)17-9-13-6-4-5-7-14(13)15(10-17)16(18)19/h4-7,11-12,15H,8-10H2,1-3H3,(H,18,19). The number of rotatable bonds is 4. The zero-order valence-electron chi connectivity index (χ0n) is 12.0. The van der Waals surface area contributed by atoms with Crippen molar-refractivity contribution < 1.29 is 9.90 Å². The fourth-order valence-corrected chi connectivity index (χ4v) is 3.01. The fraction of sp³-hybridized carbons (Fsp3) is 0.562. The van der Waals surface area contributed by atoms with Crippen LogP contribution in [-0.2, 0) is 11.3 Å². The SMILES string of the molecule is CC(C)CC(C)N1Cc2ccccc2C(C(=O)O)C1. The Kier molecular flexibility index (Phi) is 4.25. The van der Waals surface area contributed by atoms with Crippen LogP contribution in [0.15, 0.2) is 24.3 Å².